The second-order valence-corrected chi connectivity index (χ2v) is 2.97. The van der Waals surface area contributed by atoms with Gasteiger partial charge in [0.25, 0.3) is 0 Å². The van der Waals surface area contributed by atoms with Crippen LogP contribution in [0, 0.1) is 5.92 Å². The van der Waals surface area contributed by atoms with Crippen molar-refractivity contribution in [3.8, 4) is 0 Å². The highest BCUT2D eigenvalue weighted by molar-refractivity contribution is 5.13. The number of nitrogens with zero attached hydrogens (tertiary/aromatic N) is 1. The van der Waals surface area contributed by atoms with Gasteiger partial charge in [-0.1, -0.05) is 13.8 Å². The van der Waals surface area contributed by atoms with Gasteiger partial charge in [-0.3, -0.25) is 4.98 Å². The topological polar surface area (TPSA) is 33.1 Å². The Bertz CT molecular complexity index is 208. The van der Waals surface area contributed by atoms with Crippen molar-refractivity contribution in [1.82, 2.24) is 4.98 Å². The van der Waals surface area contributed by atoms with Gasteiger partial charge in [-0.05, 0) is 23.6 Å². The molecule has 2 heteroatoms. The quantitative estimate of drug-likeness (QED) is 0.698. The van der Waals surface area contributed by atoms with Crippen molar-refractivity contribution in [3.63, 3.8) is 0 Å². The van der Waals surface area contributed by atoms with E-state index in [1.165, 1.54) is 0 Å². The van der Waals surface area contributed by atoms with Crippen LogP contribution >= 0.6 is 0 Å². The van der Waals surface area contributed by atoms with Crippen LogP contribution in [0.3, 0.4) is 0 Å². The lowest BCUT2D eigenvalue weighted by Crippen LogP contribution is -2.04. The van der Waals surface area contributed by atoms with Gasteiger partial charge in [0, 0.05) is 12.4 Å². The first-order valence-corrected chi connectivity index (χ1v) is 3.80. The molecule has 0 saturated carbocycles. The first-order valence-electron chi connectivity index (χ1n) is 3.80. The summed E-state index contributed by atoms with van der Waals surface area (Å²) in [6, 6.07) is 3.68. The second kappa shape index (κ2) is 3.49. The Morgan fingerprint density at radius 3 is 2.27 bits per heavy atom. The van der Waals surface area contributed by atoms with Gasteiger partial charge in [0.05, 0.1) is 6.10 Å². The third kappa shape index (κ3) is 2.02. The lowest BCUT2D eigenvalue weighted by Gasteiger charge is -2.13. The number of hydrogen-bond donors (Lipinski definition) is 1. The molecule has 1 aromatic heterocycles. The van der Waals surface area contributed by atoms with Gasteiger partial charge < -0.3 is 5.11 Å². The largest absolute Gasteiger partial charge is 0.388 e. The minimum atomic E-state index is -0.363. The summed E-state index contributed by atoms with van der Waals surface area (Å²) >= 11 is 0. The minimum absolute atomic E-state index is 0.261. The molecular weight excluding hydrogens is 138 g/mol. The van der Waals surface area contributed by atoms with Crippen molar-refractivity contribution < 1.29 is 5.11 Å². The molecule has 0 aromatic carbocycles. The molecule has 0 fully saturated rings. The van der Waals surface area contributed by atoms with Crippen LogP contribution in [0.4, 0.5) is 0 Å². The molecule has 1 N–H and O–H groups in total. The molecule has 0 aliphatic rings. The van der Waals surface area contributed by atoms with Gasteiger partial charge in [-0.25, -0.2) is 0 Å². The van der Waals surface area contributed by atoms with E-state index in [-0.39, 0.29) is 12.0 Å². The maximum Gasteiger partial charge on any atom is 0.0814 e. The van der Waals surface area contributed by atoms with Crippen LogP contribution in [-0.2, 0) is 0 Å². The smallest absolute Gasteiger partial charge is 0.0814 e. The first-order chi connectivity index (χ1) is 5.22. The molecule has 1 rings (SSSR count). The molecule has 2 nitrogen and oxygen atoms in total. The van der Waals surface area contributed by atoms with Gasteiger partial charge in [-0.15, -0.1) is 0 Å². The molecule has 1 aromatic rings. The maximum atomic E-state index is 9.57. The Morgan fingerprint density at radius 2 is 1.82 bits per heavy atom. The highest BCUT2D eigenvalue weighted by Crippen LogP contribution is 2.19. The van der Waals surface area contributed by atoms with Crippen LogP contribution in [-0.4, -0.2) is 10.1 Å². The second-order valence-electron chi connectivity index (χ2n) is 2.97. The van der Waals surface area contributed by atoms with Gasteiger partial charge in [0.2, 0.25) is 0 Å². The van der Waals surface area contributed by atoms with E-state index in [1.807, 2.05) is 26.0 Å². The normalized spacial score (nSPS) is 13.5. The molecule has 0 aliphatic carbocycles. The van der Waals surface area contributed by atoms with E-state index in [0.717, 1.165) is 5.56 Å². The Morgan fingerprint density at radius 1 is 1.27 bits per heavy atom. The van der Waals surface area contributed by atoms with Crippen LogP contribution in [0.15, 0.2) is 24.5 Å². The van der Waals surface area contributed by atoms with Crippen LogP contribution in [0.2, 0.25) is 0 Å². The van der Waals surface area contributed by atoms with Crippen molar-refractivity contribution in [1.29, 1.82) is 0 Å². The van der Waals surface area contributed by atoms with E-state index in [0.29, 0.717) is 0 Å². The zero-order valence-electron chi connectivity index (χ0n) is 6.86. The number of aliphatic hydroxyl groups excluding tert-OH is 1. The van der Waals surface area contributed by atoms with Crippen molar-refractivity contribution >= 4 is 0 Å². The number of hydrogen-bond acceptors (Lipinski definition) is 2. The Kier molecular flexibility index (Phi) is 2.60. The third-order valence-electron chi connectivity index (χ3n) is 1.68. The highest BCUT2D eigenvalue weighted by Gasteiger charge is 2.10. The Balaban J connectivity index is 2.77. The molecule has 1 atom stereocenters. The van der Waals surface area contributed by atoms with Gasteiger partial charge in [0.15, 0.2) is 0 Å². The lowest BCUT2D eigenvalue weighted by molar-refractivity contribution is 0.127. The third-order valence-corrected chi connectivity index (χ3v) is 1.68. The SMILES string of the molecule is CC(C)C(O)c1ccncc1. The number of aliphatic hydroxyl groups is 1. The molecular formula is C9H13NO. The number of rotatable bonds is 2. The summed E-state index contributed by atoms with van der Waals surface area (Å²) in [6.45, 7) is 3.98. The zero-order valence-corrected chi connectivity index (χ0v) is 6.86. The molecule has 60 valence electrons. The van der Waals surface area contributed by atoms with Crippen LogP contribution in [0.25, 0.3) is 0 Å². The van der Waals surface area contributed by atoms with Crippen molar-refractivity contribution in [2.45, 2.75) is 20.0 Å². The first kappa shape index (κ1) is 8.21. The number of aromatic nitrogens is 1. The summed E-state index contributed by atoms with van der Waals surface area (Å²) in [4.78, 5) is 3.88. The average Bonchev–Trinajstić information content (AvgIpc) is 2.05. The fourth-order valence-corrected chi connectivity index (χ4v) is 0.946. The fourth-order valence-electron chi connectivity index (χ4n) is 0.946. The molecule has 11 heavy (non-hydrogen) atoms. The minimum Gasteiger partial charge on any atom is -0.388 e. The van der Waals surface area contributed by atoms with E-state index in [4.69, 9.17) is 0 Å². The van der Waals surface area contributed by atoms with E-state index < -0.39 is 0 Å². The summed E-state index contributed by atoms with van der Waals surface area (Å²) in [7, 11) is 0. The van der Waals surface area contributed by atoms with E-state index in [2.05, 4.69) is 4.98 Å². The predicted molar refractivity (Wildman–Crippen MR) is 44.0 cm³/mol. The van der Waals surface area contributed by atoms with Crippen LogP contribution in [0.5, 0.6) is 0 Å². The van der Waals surface area contributed by atoms with Crippen LogP contribution in [0.1, 0.15) is 25.5 Å². The summed E-state index contributed by atoms with van der Waals surface area (Å²) in [5, 5.41) is 9.57. The molecule has 1 heterocycles. The fraction of sp³-hybridized carbons (Fsp3) is 0.444. The zero-order chi connectivity index (χ0) is 8.27. The van der Waals surface area contributed by atoms with Gasteiger partial charge >= 0.3 is 0 Å². The summed E-state index contributed by atoms with van der Waals surface area (Å²) in [5.74, 6) is 0.261. The van der Waals surface area contributed by atoms with Gasteiger partial charge in [-0.2, -0.15) is 0 Å². The van der Waals surface area contributed by atoms with E-state index in [1.54, 1.807) is 12.4 Å². The number of pyridine rings is 1. The molecule has 0 amide bonds. The molecule has 0 saturated heterocycles. The summed E-state index contributed by atoms with van der Waals surface area (Å²) < 4.78 is 0. The molecule has 1 unspecified atom stereocenters. The van der Waals surface area contributed by atoms with Crippen molar-refractivity contribution in [2.24, 2.45) is 5.92 Å². The van der Waals surface area contributed by atoms with Crippen molar-refractivity contribution in [2.75, 3.05) is 0 Å². The highest BCUT2D eigenvalue weighted by atomic mass is 16.3. The lowest BCUT2D eigenvalue weighted by atomic mass is 10.0. The van der Waals surface area contributed by atoms with E-state index >= 15 is 0 Å². The maximum absolute atomic E-state index is 9.57. The molecule has 0 spiro atoms. The summed E-state index contributed by atoms with van der Waals surface area (Å²) in [5.41, 5.74) is 0.940. The van der Waals surface area contributed by atoms with Crippen molar-refractivity contribution in [3.05, 3.63) is 30.1 Å². The van der Waals surface area contributed by atoms with Gasteiger partial charge in [0.1, 0.15) is 0 Å². The standard InChI is InChI=1S/C9H13NO/c1-7(2)9(11)8-3-5-10-6-4-8/h3-7,9,11H,1-2H3. The Labute approximate surface area is 66.9 Å². The summed E-state index contributed by atoms with van der Waals surface area (Å²) in [6.07, 6.45) is 3.03. The van der Waals surface area contributed by atoms with E-state index in [9.17, 15) is 5.11 Å². The molecule has 0 aliphatic heterocycles. The Hall–Kier alpha value is -0.890. The van der Waals surface area contributed by atoms with Crippen LogP contribution < -0.4 is 0 Å². The molecule has 0 radical (unpaired) electrons. The monoisotopic (exact) mass is 151 g/mol. The predicted octanol–water partition coefficient (Wildman–Crippen LogP) is 1.77. The average molecular weight is 151 g/mol. The molecule has 0 bridgehead atoms.